The van der Waals surface area contributed by atoms with Crippen LogP contribution in [-0.2, 0) is 10.0 Å². The average Bonchev–Trinajstić information content (AvgIpc) is 2.36. The third kappa shape index (κ3) is 4.16. The van der Waals surface area contributed by atoms with Crippen LogP contribution in [0.25, 0.3) is 0 Å². The minimum absolute atomic E-state index is 0.0271. The quantitative estimate of drug-likeness (QED) is 0.721. The molecule has 6 nitrogen and oxygen atoms in total. The molecule has 1 aromatic carbocycles. The molecule has 8 heteroatoms. The molecule has 3 N–H and O–H groups in total. The van der Waals surface area contributed by atoms with Gasteiger partial charge in [0.2, 0.25) is 10.0 Å². The molecule has 0 amide bonds. The largest absolute Gasteiger partial charge is 0.393 e. The van der Waals surface area contributed by atoms with Crippen LogP contribution in [0.15, 0.2) is 23.1 Å². The van der Waals surface area contributed by atoms with E-state index < -0.39 is 22.2 Å². The van der Waals surface area contributed by atoms with Crippen molar-refractivity contribution in [3.05, 3.63) is 28.8 Å². The SMILES string of the molecule is CC(O)(CO)CNS(=O)(=O)c1ccc(C#N)c(Cl)c1. The van der Waals surface area contributed by atoms with Crippen molar-refractivity contribution in [3.63, 3.8) is 0 Å². The first kappa shape index (κ1) is 15.9. The number of sulfonamides is 1. The van der Waals surface area contributed by atoms with E-state index in [9.17, 15) is 13.5 Å². The molecule has 0 aliphatic rings. The monoisotopic (exact) mass is 304 g/mol. The molecule has 0 saturated heterocycles. The Labute approximate surface area is 116 Å². The van der Waals surface area contributed by atoms with Gasteiger partial charge in [0.1, 0.15) is 6.07 Å². The Morgan fingerprint density at radius 3 is 2.63 bits per heavy atom. The van der Waals surface area contributed by atoms with Crippen molar-refractivity contribution in [1.82, 2.24) is 4.72 Å². The summed E-state index contributed by atoms with van der Waals surface area (Å²) < 4.78 is 26.0. The lowest BCUT2D eigenvalue weighted by molar-refractivity contribution is 0.00681. The molecule has 1 atom stereocenters. The molecular formula is C11H13ClN2O4S. The molecular weight excluding hydrogens is 292 g/mol. The number of aliphatic hydroxyl groups is 2. The summed E-state index contributed by atoms with van der Waals surface area (Å²) in [7, 11) is -3.87. The standard InChI is InChI=1S/C11H13ClN2O4S/c1-11(16,7-15)6-14-19(17,18)9-3-2-8(5-13)10(12)4-9/h2-4,14-16H,6-7H2,1H3. The maximum Gasteiger partial charge on any atom is 0.240 e. The average molecular weight is 305 g/mol. The molecule has 104 valence electrons. The summed E-state index contributed by atoms with van der Waals surface area (Å²) in [5.41, 5.74) is -1.38. The Kier molecular flexibility index (Phi) is 4.90. The van der Waals surface area contributed by atoms with Crippen LogP contribution in [0.4, 0.5) is 0 Å². The highest BCUT2D eigenvalue weighted by Crippen LogP contribution is 2.20. The van der Waals surface area contributed by atoms with Gasteiger partial charge in [0.15, 0.2) is 0 Å². The number of nitrogens with one attached hydrogen (secondary N) is 1. The molecule has 0 spiro atoms. The summed E-state index contributed by atoms with van der Waals surface area (Å²) in [6, 6.07) is 5.50. The number of halogens is 1. The van der Waals surface area contributed by atoms with E-state index in [2.05, 4.69) is 4.72 Å². The molecule has 0 aliphatic heterocycles. The minimum atomic E-state index is -3.87. The second-order valence-corrected chi connectivity index (χ2v) is 6.41. The molecule has 0 heterocycles. The number of rotatable bonds is 5. The second-order valence-electron chi connectivity index (χ2n) is 4.23. The van der Waals surface area contributed by atoms with Gasteiger partial charge in [-0.3, -0.25) is 0 Å². The Morgan fingerprint density at radius 1 is 1.53 bits per heavy atom. The van der Waals surface area contributed by atoms with Crippen molar-refractivity contribution in [2.75, 3.05) is 13.2 Å². The summed E-state index contributed by atoms with van der Waals surface area (Å²) >= 11 is 5.75. The number of nitriles is 1. The topological polar surface area (TPSA) is 110 Å². The van der Waals surface area contributed by atoms with Crippen molar-refractivity contribution in [1.29, 1.82) is 5.26 Å². The predicted molar refractivity (Wildman–Crippen MR) is 69.1 cm³/mol. The fraction of sp³-hybridized carbons (Fsp3) is 0.364. The summed E-state index contributed by atoms with van der Waals surface area (Å²) in [4.78, 5) is -0.120. The molecule has 0 aromatic heterocycles. The number of benzene rings is 1. The zero-order chi connectivity index (χ0) is 14.7. The van der Waals surface area contributed by atoms with Crippen LogP contribution in [0, 0.1) is 11.3 Å². The Bertz CT molecular complexity index is 608. The highest BCUT2D eigenvalue weighted by atomic mass is 35.5. The van der Waals surface area contributed by atoms with Crippen LogP contribution in [0.2, 0.25) is 5.02 Å². The second kappa shape index (κ2) is 5.86. The zero-order valence-electron chi connectivity index (χ0n) is 10.1. The fourth-order valence-corrected chi connectivity index (χ4v) is 2.62. The third-order valence-electron chi connectivity index (χ3n) is 2.35. The van der Waals surface area contributed by atoms with E-state index in [0.717, 1.165) is 6.07 Å². The van der Waals surface area contributed by atoms with Gasteiger partial charge >= 0.3 is 0 Å². The minimum Gasteiger partial charge on any atom is -0.393 e. The van der Waals surface area contributed by atoms with E-state index in [4.69, 9.17) is 22.0 Å². The van der Waals surface area contributed by atoms with E-state index in [0.29, 0.717) is 0 Å². The van der Waals surface area contributed by atoms with Crippen LogP contribution in [-0.4, -0.2) is 37.4 Å². The first-order valence-electron chi connectivity index (χ1n) is 5.24. The lowest BCUT2D eigenvalue weighted by Gasteiger charge is -2.20. The van der Waals surface area contributed by atoms with Crippen LogP contribution >= 0.6 is 11.6 Å². The first-order chi connectivity index (χ1) is 8.72. The zero-order valence-corrected chi connectivity index (χ0v) is 11.7. The lowest BCUT2D eigenvalue weighted by Crippen LogP contribution is -2.43. The van der Waals surface area contributed by atoms with Crippen LogP contribution in [0.1, 0.15) is 12.5 Å². The van der Waals surface area contributed by atoms with Crippen molar-refractivity contribution in [2.24, 2.45) is 0 Å². The van der Waals surface area contributed by atoms with Crippen molar-refractivity contribution >= 4 is 21.6 Å². The summed E-state index contributed by atoms with van der Waals surface area (Å²) in [6.45, 7) is 0.369. The highest BCUT2D eigenvalue weighted by molar-refractivity contribution is 7.89. The van der Waals surface area contributed by atoms with Gasteiger partial charge in [-0.05, 0) is 25.1 Å². The number of aliphatic hydroxyl groups excluding tert-OH is 1. The van der Waals surface area contributed by atoms with Crippen molar-refractivity contribution in [2.45, 2.75) is 17.4 Å². The van der Waals surface area contributed by atoms with Crippen LogP contribution < -0.4 is 4.72 Å². The van der Waals surface area contributed by atoms with E-state index in [1.54, 1.807) is 0 Å². The Balaban J connectivity index is 2.96. The number of hydrogen-bond acceptors (Lipinski definition) is 5. The molecule has 1 aromatic rings. The van der Waals surface area contributed by atoms with Gasteiger partial charge in [-0.1, -0.05) is 11.6 Å². The lowest BCUT2D eigenvalue weighted by atomic mass is 10.1. The van der Waals surface area contributed by atoms with E-state index >= 15 is 0 Å². The fourth-order valence-electron chi connectivity index (χ4n) is 1.14. The van der Waals surface area contributed by atoms with Crippen LogP contribution in [0.5, 0.6) is 0 Å². The molecule has 0 bridgehead atoms. The van der Waals surface area contributed by atoms with E-state index in [1.807, 2.05) is 6.07 Å². The summed E-state index contributed by atoms with van der Waals surface area (Å²) in [6.07, 6.45) is 0. The molecule has 1 rings (SSSR count). The first-order valence-corrected chi connectivity index (χ1v) is 7.10. The van der Waals surface area contributed by atoms with Gasteiger partial charge in [0, 0.05) is 6.54 Å². The molecule has 0 saturated carbocycles. The molecule has 19 heavy (non-hydrogen) atoms. The molecule has 1 unspecified atom stereocenters. The summed E-state index contributed by atoms with van der Waals surface area (Å²) in [5.74, 6) is 0. The van der Waals surface area contributed by atoms with Gasteiger partial charge in [0.25, 0.3) is 0 Å². The maximum atomic E-state index is 11.9. The Hall–Kier alpha value is -1.17. The number of hydrogen-bond donors (Lipinski definition) is 3. The normalized spacial score (nSPS) is 14.7. The molecule has 0 aliphatic carbocycles. The highest BCUT2D eigenvalue weighted by Gasteiger charge is 2.23. The third-order valence-corrected chi connectivity index (χ3v) is 4.07. The summed E-state index contributed by atoms with van der Waals surface area (Å²) in [5, 5.41) is 27.1. The maximum absolute atomic E-state index is 11.9. The van der Waals surface area contributed by atoms with E-state index in [-0.39, 0.29) is 22.0 Å². The van der Waals surface area contributed by atoms with Gasteiger partial charge in [-0.15, -0.1) is 0 Å². The van der Waals surface area contributed by atoms with E-state index in [1.165, 1.54) is 19.1 Å². The van der Waals surface area contributed by atoms with Gasteiger partial charge in [-0.2, -0.15) is 5.26 Å². The van der Waals surface area contributed by atoms with Gasteiger partial charge < -0.3 is 10.2 Å². The van der Waals surface area contributed by atoms with Gasteiger partial charge in [-0.25, -0.2) is 13.1 Å². The van der Waals surface area contributed by atoms with Crippen molar-refractivity contribution < 1.29 is 18.6 Å². The smallest absolute Gasteiger partial charge is 0.240 e. The Morgan fingerprint density at radius 2 is 2.16 bits per heavy atom. The van der Waals surface area contributed by atoms with Crippen molar-refractivity contribution in [3.8, 4) is 6.07 Å². The van der Waals surface area contributed by atoms with Crippen LogP contribution in [0.3, 0.4) is 0 Å². The number of nitrogens with zero attached hydrogens (tertiary/aromatic N) is 1. The van der Waals surface area contributed by atoms with Gasteiger partial charge in [0.05, 0.1) is 27.7 Å². The predicted octanol–water partition coefficient (Wildman–Crippen LogP) is 0.233. The molecule has 0 fully saturated rings. The molecule has 0 radical (unpaired) electrons.